The van der Waals surface area contributed by atoms with Crippen LogP contribution < -0.4 is 5.73 Å². The van der Waals surface area contributed by atoms with E-state index in [0.717, 1.165) is 36.0 Å². The topological polar surface area (TPSA) is 79.5 Å². The lowest BCUT2D eigenvalue weighted by Crippen LogP contribution is -2.36. The standard InChI is InChI=1S/C23H31N3O2/c1-6-23(5)12-11-19(13-20(23)16(2)3)17(4)15-26(28)22(27)10-8-18-7-9-21(24)25-14-18/h6-10,14,19-20,28H,1-2,4,11-13,15H2,3,5H3,(H2,24,25)/b10-8+/t19-,20+,23-/m1/s1. The largest absolute Gasteiger partial charge is 0.384 e. The number of nitrogen functional groups attached to an aromatic ring is 1. The molecule has 0 unspecified atom stereocenters. The zero-order chi connectivity index (χ0) is 20.9. The van der Waals surface area contributed by atoms with Crippen LogP contribution in [0.25, 0.3) is 6.08 Å². The summed E-state index contributed by atoms with van der Waals surface area (Å²) in [7, 11) is 0. The molecule has 0 aliphatic heterocycles. The lowest BCUT2D eigenvalue weighted by Gasteiger charge is -2.44. The molecule has 5 heteroatoms. The van der Waals surface area contributed by atoms with Crippen molar-refractivity contribution in [3.8, 4) is 0 Å². The first-order valence-corrected chi connectivity index (χ1v) is 9.53. The van der Waals surface area contributed by atoms with Crippen LogP contribution in [0.1, 0.15) is 38.7 Å². The van der Waals surface area contributed by atoms with Gasteiger partial charge in [-0.15, -0.1) is 6.58 Å². The molecule has 1 aliphatic carbocycles. The number of nitrogens with two attached hydrogens (primary N) is 1. The molecule has 0 radical (unpaired) electrons. The van der Waals surface area contributed by atoms with Gasteiger partial charge >= 0.3 is 0 Å². The highest BCUT2D eigenvalue weighted by atomic mass is 16.5. The molecular weight excluding hydrogens is 350 g/mol. The number of allylic oxidation sites excluding steroid dienone is 2. The molecule has 5 nitrogen and oxygen atoms in total. The lowest BCUT2D eigenvalue weighted by atomic mass is 9.61. The maximum absolute atomic E-state index is 12.2. The van der Waals surface area contributed by atoms with Crippen LogP contribution >= 0.6 is 0 Å². The van der Waals surface area contributed by atoms with Gasteiger partial charge in [-0.3, -0.25) is 10.0 Å². The number of rotatable bonds is 7. The predicted octanol–water partition coefficient (Wildman–Crippen LogP) is 4.64. The van der Waals surface area contributed by atoms with Gasteiger partial charge in [0, 0.05) is 12.3 Å². The quantitative estimate of drug-likeness (QED) is 0.312. The SMILES string of the molecule is C=C[C@]1(C)CC[C@@H](C(=C)CN(O)C(=O)/C=C/c2ccc(N)nc2)C[C@H]1C(=C)C. The summed E-state index contributed by atoms with van der Waals surface area (Å²) < 4.78 is 0. The van der Waals surface area contributed by atoms with Crippen molar-refractivity contribution < 1.29 is 10.0 Å². The second kappa shape index (κ2) is 9.02. The maximum Gasteiger partial charge on any atom is 0.270 e. The minimum absolute atomic E-state index is 0.0349. The minimum atomic E-state index is -0.499. The summed E-state index contributed by atoms with van der Waals surface area (Å²) in [5.74, 6) is 0.474. The van der Waals surface area contributed by atoms with Crippen molar-refractivity contribution >= 4 is 17.8 Å². The van der Waals surface area contributed by atoms with E-state index in [1.165, 1.54) is 6.08 Å². The van der Waals surface area contributed by atoms with Crippen LogP contribution in [0.3, 0.4) is 0 Å². The van der Waals surface area contributed by atoms with Crippen molar-refractivity contribution in [2.45, 2.75) is 33.1 Å². The van der Waals surface area contributed by atoms with E-state index in [1.807, 2.05) is 6.08 Å². The average Bonchev–Trinajstić information content (AvgIpc) is 2.67. The molecule has 0 bridgehead atoms. The summed E-state index contributed by atoms with van der Waals surface area (Å²) in [4.78, 5) is 16.2. The molecule has 0 aromatic carbocycles. The summed E-state index contributed by atoms with van der Waals surface area (Å²) in [5, 5.41) is 10.9. The van der Waals surface area contributed by atoms with Gasteiger partial charge < -0.3 is 5.73 Å². The molecule has 1 aromatic heterocycles. The van der Waals surface area contributed by atoms with Crippen LogP contribution in [0.4, 0.5) is 5.82 Å². The molecule has 1 fully saturated rings. The molecule has 28 heavy (non-hydrogen) atoms. The predicted molar refractivity (Wildman–Crippen MR) is 114 cm³/mol. The molecule has 1 amide bonds. The first kappa shape index (κ1) is 21.6. The van der Waals surface area contributed by atoms with Crippen LogP contribution in [-0.4, -0.2) is 27.7 Å². The second-order valence-corrected chi connectivity index (χ2v) is 7.98. The third kappa shape index (κ3) is 5.20. The molecule has 3 atom stereocenters. The fourth-order valence-electron chi connectivity index (χ4n) is 3.88. The number of carbonyl (C=O) groups excluding carboxylic acids is 1. The average molecular weight is 382 g/mol. The highest BCUT2D eigenvalue weighted by Gasteiger charge is 2.39. The van der Waals surface area contributed by atoms with Crippen LogP contribution in [0.2, 0.25) is 0 Å². The van der Waals surface area contributed by atoms with E-state index >= 15 is 0 Å². The summed E-state index contributed by atoms with van der Waals surface area (Å²) >= 11 is 0. The molecule has 1 aromatic rings. The zero-order valence-electron chi connectivity index (χ0n) is 16.9. The lowest BCUT2D eigenvalue weighted by molar-refractivity contribution is -0.157. The van der Waals surface area contributed by atoms with Crippen molar-refractivity contribution in [1.82, 2.24) is 10.0 Å². The van der Waals surface area contributed by atoms with E-state index in [2.05, 4.69) is 38.6 Å². The Kier molecular flexibility index (Phi) is 6.97. The van der Waals surface area contributed by atoms with E-state index < -0.39 is 5.91 Å². The molecule has 150 valence electrons. The van der Waals surface area contributed by atoms with E-state index in [4.69, 9.17) is 5.73 Å². The van der Waals surface area contributed by atoms with Crippen molar-refractivity contribution in [1.29, 1.82) is 0 Å². The second-order valence-electron chi connectivity index (χ2n) is 7.98. The Labute approximate surface area is 167 Å². The Balaban J connectivity index is 1.96. The molecule has 1 heterocycles. The first-order chi connectivity index (χ1) is 13.2. The van der Waals surface area contributed by atoms with E-state index in [1.54, 1.807) is 24.4 Å². The molecule has 0 saturated heterocycles. The van der Waals surface area contributed by atoms with Gasteiger partial charge in [0.25, 0.3) is 5.91 Å². The number of nitrogens with zero attached hydrogens (tertiary/aromatic N) is 2. The van der Waals surface area contributed by atoms with Gasteiger partial charge in [-0.25, -0.2) is 10.0 Å². The Hall–Kier alpha value is -2.66. The minimum Gasteiger partial charge on any atom is -0.384 e. The van der Waals surface area contributed by atoms with Crippen LogP contribution in [0.5, 0.6) is 0 Å². The van der Waals surface area contributed by atoms with Crippen LogP contribution in [0, 0.1) is 17.3 Å². The Morgan fingerprint density at radius 1 is 1.46 bits per heavy atom. The van der Waals surface area contributed by atoms with E-state index in [-0.39, 0.29) is 17.9 Å². The van der Waals surface area contributed by atoms with Gasteiger partial charge in [0.2, 0.25) is 0 Å². The number of hydroxylamine groups is 2. The third-order valence-electron chi connectivity index (χ3n) is 5.82. The van der Waals surface area contributed by atoms with E-state index in [0.29, 0.717) is 16.8 Å². The zero-order valence-corrected chi connectivity index (χ0v) is 16.9. The monoisotopic (exact) mass is 381 g/mol. The highest BCUT2D eigenvalue weighted by Crippen LogP contribution is 2.48. The number of amides is 1. The summed E-state index contributed by atoms with van der Waals surface area (Å²) in [6.07, 6.45) is 9.36. The number of hydrogen-bond donors (Lipinski definition) is 2. The molecular formula is C23H31N3O2. The molecule has 0 spiro atoms. The number of carbonyl (C=O) groups is 1. The summed E-state index contributed by atoms with van der Waals surface area (Å²) in [5.41, 5.74) is 8.30. The van der Waals surface area contributed by atoms with Gasteiger partial charge in [0.15, 0.2) is 0 Å². The van der Waals surface area contributed by atoms with Gasteiger partial charge in [-0.1, -0.05) is 37.3 Å². The fourth-order valence-corrected chi connectivity index (χ4v) is 3.88. The number of hydrogen-bond acceptors (Lipinski definition) is 4. The molecule has 1 aliphatic rings. The normalized spacial score (nSPS) is 24.7. The fraction of sp³-hybridized carbons (Fsp3) is 0.391. The summed E-state index contributed by atoms with van der Waals surface area (Å²) in [6.45, 7) is 16.7. The van der Waals surface area contributed by atoms with Gasteiger partial charge in [0.05, 0.1) is 6.54 Å². The van der Waals surface area contributed by atoms with Crippen molar-refractivity contribution in [2.24, 2.45) is 17.3 Å². The molecule has 2 rings (SSSR count). The third-order valence-corrected chi connectivity index (χ3v) is 5.82. The number of aromatic nitrogens is 1. The Morgan fingerprint density at radius 2 is 2.18 bits per heavy atom. The Morgan fingerprint density at radius 3 is 2.75 bits per heavy atom. The van der Waals surface area contributed by atoms with Gasteiger partial charge in [0.1, 0.15) is 5.82 Å². The highest BCUT2D eigenvalue weighted by molar-refractivity contribution is 5.91. The van der Waals surface area contributed by atoms with E-state index in [9.17, 15) is 10.0 Å². The van der Waals surface area contributed by atoms with Crippen molar-refractivity contribution in [2.75, 3.05) is 12.3 Å². The number of anilines is 1. The van der Waals surface area contributed by atoms with Gasteiger partial charge in [-0.05, 0) is 67.2 Å². The summed E-state index contributed by atoms with van der Waals surface area (Å²) in [6, 6.07) is 3.41. The first-order valence-electron chi connectivity index (χ1n) is 9.53. The number of pyridine rings is 1. The van der Waals surface area contributed by atoms with Crippen LogP contribution in [0.15, 0.2) is 61.4 Å². The van der Waals surface area contributed by atoms with Crippen LogP contribution in [-0.2, 0) is 4.79 Å². The van der Waals surface area contributed by atoms with Crippen molar-refractivity contribution in [3.05, 3.63) is 66.9 Å². The smallest absolute Gasteiger partial charge is 0.270 e. The van der Waals surface area contributed by atoms with Gasteiger partial charge in [-0.2, -0.15) is 0 Å². The maximum atomic E-state index is 12.2. The molecule has 3 N–H and O–H groups in total. The molecule has 1 saturated carbocycles. The Bertz CT molecular complexity index is 782. The van der Waals surface area contributed by atoms with Crippen molar-refractivity contribution in [3.63, 3.8) is 0 Å².